The van der Waals surface area contributed by atoms with Crippen LogP contribution in [0.1, 0.15) is 36.3 Å². The first kappa shape index (κ1) is 25.3. The Morgan fingerprint density at radius 2 is 1.78 bits per heavy atom. The van der Waals surface area contributed by atoms with E-state index in [0.29, 0.717) is 26.1 Å². The summed E-state index contributed by atoms with van der Waals surface area (Å²) in [5.41, 5.74) is 1.88. The number of nitrogens with one attached hydrogen (secondary N) is 1. The molecule has 1 heterocycles. The van der Waals surface area contributed by atoms with Gasteiger partial charge in [0.1, 0.15) is 18.9 Å². The van der Waals surface area contributed by atoms with Gasteiger partial charge in [-0.2, -0.15) is 0 Å². The van der Waals surface area contributed by atoms with E-state index in [1.54, 1.807) is 35.3 Å². The van der Waals surface area contributed by atoms with E-state index in [0.717, 1.165) is 16.0 Å². The zero-order chi connectivity index (χ0) is 23.5. The van der Waals surface area contributed by atoms with Gasteiger partial charge < -0.3 is 19.9 Å². The van der Waals surface area contributed by atoms with Gasteiger partial charge >= 0.3 is 12.0 Å². The highest BCUT2D eigenvalue weighted by atomic mass is 32.1. The van der Waals surface area contributed by atoms with Gasteiger partial charge in [-0.1, -0.05) is 19.1 Å². The summed E-state index contributed by atoms with van der Waals surface area (Å²) in [6, 6.07) is 7.51. The van der Waals surface area contributed by atoms with Gasteiger partial charge in [-0.05, 0) is 55.0 Å². The van der Waals surface area contributed by atoms with Gasteiger partial charge in [-0.25, -0.2) is 9.18 Å². The third kappa shape index (κ3) is 7.96. The van der Waals surface area contributed by atoms with Gasteiger partial charge in [-0.3, -0.25) is 9.59 Å². The molecular weight excluding hydrogens is 433 g/mol. The van der Waals surface area contributed by atoms with Crippen molar-refractivity contribution in [3.8, 4) is 0 Å². The maximum atomic E-state index is 13.3. The number of ether oxygens (including phenoxy) is 1. The molecule has 32 heavy (non-hydrogen) atoms. The van der Waals surface area contributed by atoms with E-state index in [9.17, 15) is 18.8 Å². The van der Waals surface area contributed by atoms with Crippen LogP contribution < -0.4 is 5.32 Å². The quantitative estimate of drug-likeness (QED) is 0.516. The molecule has 2 aromatic rings. The Kier molecular flexibility index (Phi) is 10.1. The zero-order valence-electron chi connectivity index (χ0n) is 18.7. The minimum absolute atomic E-state index is 0.131. The highest BCUT2D eigenvalue weighted by molar-refractivity contribution is 7.10. The molecule has 0 aliphatic rings. The van der Waals surface area contributed by atoms with Crippen molar-refractivity contribution in [2.45, 2.75) is 40.3 Å². The number of aryl methyl sites for hydroxylation is 1. The lowest BCUT2D eigenvalue weighted by atomic mass is 10.2. The second kappa shape index (κ2) is 12.8. The Labute approximate surface area is 192 Å². The number of halogens is 1. The second-order valence-corrected chi connectivity index (χ2v) is 8.29. The van der Waals surface area contributed by atoms with E-state index in [1.807, 2.05) is 25.3 Å². The van der Waals surface area contributed by atoms with Crippen LogP contribution in [0.3, 0.4) is 0 Å². The minimum atomic E-state index is -0.533. The van der Waals surface area contributed by atoms with Crippen LogP contribution in [0.2, 0.25) is 0 Å². The number of amides is 3. The number of carbonyl (C=O) groups is 3. The summed E-state index contributed by atoms with van der Waals surface area (Å²) in [7, 11) is 0. The molecule has 0 saturated heterocycles. The minimum Gasteiger partial charge on any atom is -0.465 e. The molecule has 0 saturated carbocycles. The number of nitrogens with zero attached hydrogens (tertiary/aromatic N) is 2. The molecule has 0 aliphatic carbocycles. The highest BCUT2D eigenvalue weighted by Gasteiger charge is 2.22. The monoisotopic (exact) mass is 463 g/mol. The normalized spacial score (nSPS) is 10.5. The standard InChI is InChI=1S/C23H30FN3O4S/c1-4-11-26(23(30)25-13-22(29)31-5-2)16-21(28)27(15-20-17(3)10-12-32-20)14-18-6-8-19(24)9-7-18/h6-10,12H,4-5,11,13-16H2,1-3H3,(H,25,30). The van der Waals surface area contributed by atoms with E-state index < -0.39 is 12.0 Å². The maximum absolute atomic E-state index is 13.3. The SMILES string of the molecule is CCCN(CC(=O)N(Cc1ccc(F)cc1)Cc1sccc1C)C(=O)NCC(=O)OCC. The van der Waals surface area contributed by atoms with E-state index in [-0.39, 0.29) is 31.4 Å². The fourth-order valence-corrected chi connectivity index (χ4v) is 3.96. The Hall–Kier alpha value is -2.94. The fourth-order valence-electron chi connectivity index (χ4n) is 3.04. The lowest BCUT2D eigenvalue weighted by molar-refractivity contribution is -0.141. The molecule has 174 valence electrons. The van der Waals surface area contributed by atoms with Gasteiger partial charge in [0.2, 0.25) is 5.91 Å². The Morgan fingerprint density at radius 1 is 1.06 bits per heavy atom. The predicted octanol–water partition coefficient (Wildman–Crippen LogP) is 3.71. The molecule has 2 rings (SSSR count). The molecule has 3 amide bonds. The first-order valence-corrected chi connectivity index (χ1v) is 11.5. The fraction of sp³-hybridized carbons (Fsp3) is 0.435. The number of hydrogen-bond donors (Lipinski definition) is 1. The summed E-state index contributed by atoms with van der Waals surface area (Å²) in [6.45, 7) is 6.47. The third-order valence-corrected chi connectivity index (χ3v) is 5.75. The molecule has 0 spiro atoms. The molecule has 0 aliphatic heterocycles. The number of carbonyl (C=O) groups excluding carboxylic acids is 3. The van der Waals surface area contributed by atoms with Gasteiger partial charge in [0.05, 0.1) is 13.2 Å². The lowest BCUT2D eigenvalue weighted by Gasteiger charge is -2.27. The van der Waals surface area contributed by atoms with Crippen molar-refractivity contribution >= 4 is 29.2 Å². The number of hydrogen-bond acceptors (Lipinski definition) is 5. The van der Waals surface area contributed by atoms with Gasteiger partial charge in [0.15, 0.2) is 0 Å². The Balaban J connectivity index is 2.12. The van der Waals surface area contributed by atoms with Crippen LogP contribution in [-0.2, 0) is 27.4 Å². The maximum Gasteiger partial charge on any atom is 0.325 e. The molecule has 0 unspecified atom stereocenters. The number of urea groups is 1. The van der Waals surface area contributed by atoms with Crippen LogP contribution in [0.5, 0.6) is 0 Å². The lowest BCUT2D eigenvalue weighted by Crippen LogP contribution is -2.47. The van der Waals surface area contributed by atoms with Gasteiger partial charge in [0, 0.05) is 18.0 Å². The average Bonchev–Trinajstić information content (AvgIpc) is 3.17. The first-order valence-electron chi connectivity index (χ1n) is 10.6. The average molecular weight is 464 g/mol. The van der Waals surface area contributed by atoms with E-state index >= 15 is 0 Å². The van der Waals surface area contributed by atoms with Crippen LogP contribution in [0.15, 0.2) is 35.7 Å². The van der Waals surface area contributed by atoms with Crippen molar-refractivity contribution < 1.29 is 23.5 Å². The van der Waals surface area contributed by atoms with Crippen molar-refractivity contribution in [3.05, 3.63) is 57.5 Å². The molecule has 0 bridgehead atoms. The number of thiophene rings is 1. The molecule has 1 N–H and O–H groups in total. The molecule has 0 atom stereocenters. The number of esters is 1. The van der Waals surface area contributed by atoms with Crippen molar-refractivity contribution in [1.29, 1.82) is 0 Å². The zero-order valence-corrected chi connectivity index (χ0v) is 19.5. The molecule has 7 nitrogen and oxygen atoms in total. The summed E-state index contributed by atoms with van der Waals surface area (Å²) >= 11 is 1.56. The van der Waals surface area contributed by atoms with E-state index in [4.69, 9.17) is 4.74 Å². The van der Waals surface area contributed by atoms with Crippen LogP contribution in [0, 0.1) is 12.7 Å². The smallest absolute Gasteiger partial charge is 0.325 e. The topological polar surface area (TPSA) is 79.0 Å². The number of rotatable bonds is 11. The van der Waals surface area contributed by atoms with Crippen molar-refractivity contribution in [2.24, 2.45) is 0 Å². The number of benzene rings is 1. The van der Waals surface area contributed by atoms with Crippen LogP contribution in [0.25, 0.3) is 0 Å². The summed E-state index contributed by atoms with van der Waals surface area (Å²) in [4.78, 5) is 41.4. The third-order valence-electron chi connectivity index (χ3n) is 4.74. The van der Waals surface area contributed by atoms with Gasteiger partial charge in [-0.15, -0.1) is 11.3 Å². The summed E-state index contributed by atoms with van der Waals surface area (Å²) in [5.74, 6) is -1.11. The summed E-state index contributed by atoms with van der Waals surface area (Å²) in [5, 5.41) is 4.48. The van der Waals surface area contributed by atoms with Gasteiger partial charge in [0.25, 0.3) is 0 Å². The molecular formula is C23H30FN3O4S. The van der Waals surface area contributed by atoms with E-state index in [1.165, 1.54) is 17.0 Å². The molecule has 0 fully saturated rings. The summed E-state index contributed by atoms with van der Waals surface area (Å²) in [6.07, 6.45) is 0.655. The van der Waals surface area contributed by atoms with Crippen molar-refractivity contribution in [1.82, 2.24) is 15.1 Å². The first-order chi connectivity index (χ1) is 15.3. The van der Waals surface area contributed by atoms with Crippen LogP contribution >= 0.6 is 11.3 Å². The summed E-state index contributed by atoms with van der Waals surface area (Å²) < 4.78 is 18.1. The van der Waals surface area contributed by atoms with Crippen LogP contribution in [-0.4, -0.2) is 53.9 Å². The largest absolute Gasteiger partial charge is 0.465 e. The van der Waals surface area contributed by atoms with E-state index in [2.05, 4.69) is 5.32 Å². The molecule has 1 aromatic heterocycles. The van der Waals surface area contributed by atoms with Crippen molar-refractivity contribution in [2.75, 3.05) is 26.2 Å². The molecule has 9 heteroatoms. The molecule has 1 aromatic carbocycles. The Morgan fingerprint density at radius 3 is 2.38 bits per heavy atom. The molecule has 0 radical (unpaired) electrons. The highest BCUT2D eigenvalue weighted by Crippen LogP contribution is 2.20. The van der Waals surface area contributed by atoms with Crippen LogP contribution in [0.4, 0.5) is 9.18 Å². The Bertz CT molecular complexity index is 901. The second-order valence-electron chi connectivity index (χ2n) is 7.29. The predicted molar refractivity (Wildman–Crippen MR) is 122 cm³/mol. The van der Waals surface area contributed by atoms with Crippen molar-refractivity contribution in [3.63, 3.8) is 0 Å².